The van der Waals surface area contributed by atoms with Crippen LogP contribution in [-0.2, 0) is 11.3 Å². The lowest BCUT2D eigenvalue weighted by Crippen LogP contribution is -2.36. The van der Waals surface area contributed by atoms with Crippen molar-refractivity contribution < 1.29 is 4.79 Å². The molecule has 1 atom stereocenters. The zero-order valence-corrected chi connectivity index (χ0v) is 10.9. The Morgan fingerprint density at radius 3 is 2.94 bits per heavy atom. The number of carbonyl (C=O) groups is 1. The van der Waals surface area contributed by atoms with E-state index >= 15 is 0 Å². The van der Waals surface area contributed by atoms with E-state index in [1.807, 2.05) is 14.0 Å². The molecule has 94 valence electrons. The Kier molecular flexibility index (Phi) is 3.30. The molecule has 1 aromatic rings. The molecule has 6 nitrogen and oxygen atoms in total. The second-order valence-electron chi connectivity index (χ2n) is 4.64. The summed E-state index contributed by atoms with van der Waals surface area (Å²) in [5.74, 6) is -0.215. The minimum absolute atomic E-state index is 0.215. The Morgan fingerprint density at radius 1 is 1.65 bits per heavy atom. The maximum Gasteiger partial charge on any atom is 0.224 e. The fourth-order valence-corrected chi connectivity index (χ4v) is 2.74. The van der Waals surface area contributed by atoms with Gasteiger partial charge in [-0.1, -0.05) is 11.3 Å². The maximum absolute atomic E-state index is 11.3. The van der Waals surface area contributed by atoms with Gasteiger partial charge in [0.1, 0.15) is 5.01 Å². The number of primary amides is 1. The van der Waals surface area contributed by atoms with Gasteiger partial charge in [0.25, 0.3) is 0 Å². The molecule has 0 spiro atoms. The van der Waals surface area contributed by atoms with Gasteiger partial charge in [-0.15, -0.1) is 10.2 Å². The molecular formula is C10H17N5OS. The number of likely N-dealkylation sites (tertiary alicyclic amines) is 1. The van der Waals surface area contributed by atoms with Gasteiger partial charge in [-0.05, 0) is 19.9 Å². The summed E-state index contributed by atoms with van der Waals surface area (Å²) in [6, 6.07) is 0. The maximum atomic E-state index is 11.3. The first-order chi connectivity index (χ1) is 8.03. The molecular weight excluding hydrogens is 238 g/mol. The molecule has 0 aliphatic carbocycles. The molecule has 1 unspecified atom stereocenters. The molecule has 1 amide bonds. The molecule has 1 aromatic heterocycles. The van der Waals surface area contributed by atoms with Crippen LogP contribution in [0.5, 0.6) is 0 Å². The van der Waals surface area contributed by atoms with E-state index in [9.17, 15) is 4.79 Å². The highest BCUT2D eigenvalue weighted by Gasteiger charge is 2.38. The van der Waals surface area contributed by atoms with Crippen molar-refractivity contribution >= 4 is 22.4 Å². The van der Waals surface area contributed by atoms with E-state index in [1.165, 1.54) is 11.3 Å². The number of hydrogen-bond acceptors (Lipinski definition) is 6. The minimum Gasteiger partial charge on any atom is -0.369 e. The average Bonchev–Trinajstić information content (AvgIpc) is 2.87. The van der Waals surface area contributed by atoms with Crippen molar-refractivity contribution in [3.05, 3.63) is 5.01 Å². The molecule has 0 saturated carbocycles. The predicted molar refractivity (Wildman–Crippen MR) is 66.7 cm³/mol. The van der Waals surface area contributed by atoms with Crippen molar-refractivity contribution in [1.82, 2.24) is 15.1 Å². The summed E-state index contributed by atoms with van der Waals surface area (Å²) in [6.07, 6.45) is 0.819. The van der Waals surface area contributed by atoms with E-state index in [0.29, 0.717) is 6.54 Å². The van der Waals surface area contributed by atoms with Gasteiger partial charge >= 0.3 is 0 Å². The number of rotatable bonds is 4. The number of aromatic nitrogens is 2. The highest BCUT2D eigenvalue weighted by molar-refractivity contribution is 7.15. The standard InChI is InChI=1S/C10H17N5OS/c1-10(8(11)16)3-4-15(6-10)5-7-13-14-9(12-2)17-7/h3-6H2,1-2H3,(H2,11,16)(H,12,14). The van der Waals surface area contributed by atoms with E-state index in [1.54, 1.807) is 0 Å². The average molecular weight is 255 g/mol. The number of nitrogens with zero attached hydrogens (tertiary/aromatic N) is 3. The van der Waals surface area contributed by atoms with Crippen molar-refractivity contribution in [1.29, 1.82) is 0 Å². The van der Waals surface area contributed by atoms with Crippen LogP contribution < -0.4 is 11.1 Å². The summed E-state index contributed by atoms with van der Waals surface area (Å²) in [5, 5.41) is 12.8. The SMILES string of the molecule is CNc1nnc(CN2CCC(C)(C(N)=O)C2)s1. The number of nitrogens with two attached hydrogens (primary N) is 1. The van der Waals surface area contributed by atoms with Crippen LogP contribution in [0.3, 0.4) is 0 Å². The molecule has 0 aromatic carbocycles. The molecule has 0 bridgehead atoms. The molecule has 2 heterocycles. The summed E-state index contributed by atoms with van der Waals surface area (Å²) in [5.41, 5.74) is 5.02. The van der Waals surface area contributed by atoms with Gasteiger partial charge in [0, 0.05) is 13.6 Å². The Balaban J connectivity index is 1.96. The lowest BCUT2D eigenvalue weighted by molar-refractivity contribution is -0.126. The van der Waals surface area contributed by atoms with Crippen LogP contribution in [-0.4, -0.2) is 41.1 Å². The smallest absolute Gasteiger partial charge is 0.224 e. The fourth-order valence-electron chi connectivity index (χ4n) is 2.00. The fraction of sp³-hybridized carbons (Fsp3) is 0.700. The van der Waals surface area contributed by atoms with E-state index < -0.39 is 5.41 Å². The first-order valence-corrected chi connectivity index (χ1v) is 6.37. The van der Waals surface area contributed by atoms with Crippen LogP contribution in [0.15, 0.2) is 0 Å². The monoisotopic (exact) mass is 255 g/mol. The highest BCUT2D eigenvalue weighted by atomic mass is 32.1. The van der Waals surface area contributed by atoms with Crippen LogP contribution in [0.25, 0.3) is 0 Å². The molecule has 17 heavy (non-hydrogen) atoms. The van der Waals surface area contributed by atoms with Gasteiger partial charge in [-0.25, -0.2) is 0 Å². The number of nitrogens with one attached hydrogen (secondary N) is 1. The normalized spacial score (nSPS) is 25.1. The quantitative estimate of drug-likeness (QED) is 0.807. The molecule has 1 saturated heterocycles. The van der Waals surface area contributed by atoms with Crippen molar-refractivity contribution in [2.24, 2.45) is 11.1 Å². The highest BCUT2D eigenvalue weighted by Crippen LogP contribution is 2.30. The van der Waals surface area contributed by atoms with Crippen LogP contribution in [0, 0.1) is 5.41 Å². The molecule has 7 heteroatoms. The second kappa shape index (κ2) is 4.58. The molecule has 2 rings (SSSR count). The van der Waals surface area contributed by atoms with Gasteiger partial charge in [-0.2, -0.15) is 0 Å². The van der Waals surface area contributed by atoms with Crippen LogP contribution in [0.2, 0.25) is 0 Å². The molecule has 1 aliphatic rings. The number of hydrogen-bond donors (Lipinski definition) is 2. The van der Waals surface area contributed by atoms with Crippen LogP contribution >= 0.6 is 11.3 Å². The third kappa shape index (κ3) is 2.55. The van der Waals surface area contributed by atoms with Crippen LogP contribution in [0.4, 0.5) is 5.13 Å². The van der Waals surface area contributed by atoms with E-state index in [4.69, 9.17) is 5.73 Å². The first kappa shape index (κ1) is 12.3. The topological polar surface area (TPSA) is 84.1 Å². The number of anilines is 1. The van der Waals surface area contributed by atoms with Gasteiger partial charge in [0.05, 0.1) is 12.0 Å². The Labute approximate surface area is 104 Å². The Hall–Kier alpha value is -1.21. The first-order valence-electron chi connectivity index (χ1n) is 5.56. The van der Waals surface area contributed by atoms with Crippen molar-refractivity contribution in [2.75, 3.05) is 25.5 Å². The van der Waals surface area contributed by atoms with E-state index in [0.717, 1.165) is 29.6 Å². The molecule has 3 N–H and O–H groups in total. The predicted octanol–water partition coefficient (Wildman–Crippen LogP) is 0.277. The van der Waals surface area contributed by atoms with Crippen LogP contribution in [0.1, 0.15) is 18.4 Å². The Morgan fingerprint density at radius 2 is 2.41 bits per heavy atom. The molecule has 1 fully saturated rings. The zero-order valence-electron chi connectivity index (χ0n) is 10.1. The van der Waals surface area contributed by atoms with Crippen molar-refractivity contribution in [3.63, 3.8) is 0 Å². The summed E-state index contributed by atoms with van der Waals surface area (Å²) in [4.78, 5) is 13.5. The van der Waals surface area contributed by atoms with Gasteiger partial charge in [0.15, 0.2) is 0 Å². The summed E-state index contributed by atoms with van der Waals surface area (Å²) < 4.78 is 0. The van der Waals surface area contributed by atoms with E-state index in [-0.39, 0.29) is 5.91 Å². The summed E-state index contributed by atoms with van der Waals surface area (Å²) >= 11 is 1.54. The number of amides is 1. The summed E-state index contributed by atoms with van der Waals surface area (Å²) in [7, 11) is 1.82. The lowest BCUT2D eigenvalue weighted by atomic mass is 9.89. The molecule has 1 aliphatic heterocycles. The van der Waals surface area contributed by atoms with Crippen molar-refractivity contribution in [2.45, 2.75) is 19.9 Å². The third-order valence-corrected chi connectivity index (χ3v) is 4.11. The Bertz CT molecular complexity index is 421. The third-order valence-electron chi connectivity index (χ3n) is 3.19. The van der Waals surface area contributed by atoms with Gasteiger partial charge in [0.2, 0.25) is 11.0 Å². The molecule has 0 radical (unpaired) electrons. The zero-order chi connectivity index (χ0) is 12.5. The lowest BCUT2D eigenvalue weighted by Gasteiger charge is -2.20. The van der Waals surface area contributed by atoms with Gasteiger partial charge < -0.3 is 11.1 Å². The second-order valence-corrected chi connectivity index (χ2v) is 5.70. The van der Waals surface area contributed by atoms with Crippen molar-refractivity contribution in [3.8, 4) is 0 Å². The summed E-state index contributed by atoms with van der Waals surface area (Å²) in [6.45, 7) is 4.25. The largest absolute Gasteiger partial charge is 0.369 e. The van der Waals surface area contributed by atoms with Gasteiger partial charge in [-0.3, -0.25) is 9.69 Å². The number of carbonyl (C=O) groups excluding carboxylic acids is 1. The van der Waals surface area contributed by atoms with E-state index in [2.05, 4.69) is 20.4 Å². The minimum atomic E-state index is -0.392.